The molecule has 1 aromatic rings. The molecule has 2 heteroatoms. The summed E-state index contributed by atoms with van der Waals surface area (Å²) in [5.74, 6) is -0.179. The monoisotopic (exact) mass is 181 g/mol. The zero-order valence-electron chi connectivity index (χ0n) is 8.39. The molecule has 0 bridgehead atoms. The summed E-state index contributed by atoms with van der Waals surface area (Å²) in [6, 6.07) is 3.11. The fourth-order valence-electron chi connectivity index (χ4n) is 1.71. The summed E-state index contributed by atoms with van der Waals surface area (Å²) in [6.07, 6.45) is 0.882. The number of nitrogens with two attached hydrogens (primary N) is 1. The van der Waals surface area contributed by atoms with Crippen LogP contribution in [0.4, 0.5) is 4.39 Å². The Morgan fingerprint density at radius 3 is 2.15 bits per heavy atom. The molecule has 1 atom stereocenters. The summed E-state index contributed by atoms with van der Waals surface area (Å²) < 4.78 is 12.9. The van der Waals surface area contributed by atoms with E-state index in [1.54, 1.807) is 0 Å². The zero-order chi connectivity index (χ0) is 10.0. The summed E-state index contributed by atoms with van der Waals surface area (Å²) in [5, 5.41) is 0. The van der Waals surface area contributed by atoms with Crippen molar-refractivity contribution in [3.8, 4) is 0 Å². The first-order valence-electron chi connectivity index (χ1n) is 4.58. The molecule has 13 heavy (non-hydrogen) atoms. The first-order valence-corrected chi connectivity index (χ1v) is 4.58. The lowest BCUT2D eigenvalue weighted by atomic mass is 9.95. The topological polar surface area (TPSA) is 26.0 Å². The van der Waals surface area contributed by atoms with Gasteiger partial charge < -0.3 is 5.73 Å². The Bertz CT molecular complexity index is 284. The number of hydrogen-bond acceptors (Lipinski definition) is 1. The van der Waals surface area contributed by atoms with Crippen molar-refractivity contribution < 1.29 is 4.39 Å². The molecule has 0 aliphatic rings. The molecule has 1 unspecified atom stereocenters. The predicted molar refractivity (Wildman–Crippen MR) is 53.1 cm³/mol. The molecule has 0 aliphatic heterocycles. The average molecular weight is 181 g/mol. The Morgan fingerprint density at radius 1 is 1.31 bits per heavy atom. The van der Waals surface area contributed by atoms with Gasteiger partial charge in [0, 0.05) is 6.04 Å². The van der Waals surface area contributed by atoms with E-state index in [2.05, 4.69) is 0 Å². The third-order valence-corrected chi connectivity index (χ3v) is 2.37. The maximum Gasteiger partial charge on any atom is 0.123 e. The second kappa shape index (κ2) is 3.88. The van der Waals surface area contributed by atoms with Crippen LogP contribution < -0.4 is 5.73 Å². The normalized spacial score (nSPS) is 13.0. The third-order valence-electron chi connectivity index (χ3n) is 2.37. The van der Waals surface area contributed by atoms with E-state index in [1.165, 1.54) is 12.1 Å². The van der Waals surface area contributed by atoms with E-state index in [-0.39, 0.29) is 11.9 Å². The molecule has 2 N–H and O–H groups in total. The number of aryl methyl sites for hydroxylation is 2. The van der Waals surface area contributed by atoms with Crippen LogP contribution in [0.25, 0.3) is 0 Å². The van der Waals surface area contributed by atoms with Crippen molar-refractivity contribution in [1.29, 1.82) is 0 Å². The fraction of sp³-hybridized carbons (Fsp3) is 0.455. The summed E-state index contributed by atoms with van der Waals surface area (Å²) in [7, 11) is 0. The smallest absolute Gasteiger partial charge is 0.123 e. The molecule has 1 nitrogen and oxygen atoms in total. The Balaban J connectivity index is 3.20. The van der Waals surface area contributed by atoms with E-state index in [4.69, 9.17) is 5.73 Å². The van der Waals surface area contributed by atoms with Crippen molar-refractivity contribution in [1.82, 2.24) is 0 Å². The van der Waals surface area contributed by atoms with Gasteiger partial charge in [0.25, 0.3) is 0 Å². The minimum atomic E-state index is -0.179. The first kappa shape index (κ1) is 10.2. The Labute approximate surface area is 78.8 Å². The van der Waals surface area contributed by atoms with E-state index in [0.717, 1.165) is 23.1 Å². The number of halogens is 1. The van der Waals surface area contributed by atoms with Gasteiger partial charge >= 0.3 is 0 Å². The Morgan fingerprint density at radius 2 is 1.77 bits per heavy atom. The van der Waals surface area contributed by atoms with E-state index in [9.17, 15) is 4.39 Å². The van der Waals surface area contributed by atoms with Gasteiger partial charge in [-0.3, -0.25) is 0 Å². The lowest BCUT2D eigenvalue weighted by Gasteiger charge is -2.15. The molecule has 0 saturated carbocycles. The van der Waals surface area contributed by atoms with E-state index in [0.29, 0.717) is 0 Å². The van der Waals surface area contributed by atoms with Crippen LogP contribution in [0, 0.1) is 19.7 Å². The van der Waals surface area contributed by atoms with Gasteiger partial charge in [-0.25, -0.2) is 4.39 Å². The summed E-state index contributed by atoms with van der Waals surface area (Å²) in [6.45, 7) is 5.84. The highest BCUT2D eigenvalue weighted by atomic mass is 19.1. The molecule has 0 amide bonds. The highest BCUT2D eigenvalue weighted by Gasteiger charge is 2.10. The number of rotatable bonds is 2. The zero-order valence-corrected chi connectivity index (χ0v) is 8.39. The van der Waals surface area contributed by atoms with Gasteiger partial charge in [0.15, 0.2) is 0 Å². The van der Waals surface area contributed by atoms with Crippen LogP contribution >= 0.6 is 0 Å². The van der Waals surface area contributed by atoms with Crippen LogP contribution in [-0.4, -0.2) is 0 Å². The van der Waals surface area contributed by atoms with Crippen molar-refractivity contribution in [2.45, 2.75) is 33.2 Å². The SMILES string of the molecule is CCC(N)c1c(C)cc(F)cc1C. The predicted octanol–water partition coefficient (Wildman–Crippen LogP) is 2.85. The molecule has 0 radical (unpaired) electrons. The van der Waals surface area contributed by atoms with Gasteiger partial charge in [-0.2, -0.15) is 0 Å². The molecule has 0 aliphatic carbocycles. The van der Waals surface area contributed by atoms with Crippen LogP contribution in [0.1, 0.15) is 36.1 Å². The van der Waals surface area contributed by atoms with Gasteiger partial charge in [0.1, 0.15) is 5.82 Å². The fourth-order valence-corrected chi connectivity index (χ4v) is 1.71. The van der Waals surface area contributed by atoms with Crippen molar-refractivity contribution >= 4 is 0 Å². The molecule has 0 fully saturated rings. The van der Waals surface area contributed by atoms with Crippen molar-refractivity contribution in [3.05, 3.63) is 34.6 Å². The molecule has 72 valence electrons. The third kappa shape index (κ3) is 2.07. The van der Waals surface area contributed by atoms with E-state index < -0.39 is 0 Å². The van der Waals surface area contributed by atoms with Gasteiger partial charge in [-0.15, -0.1) is 0 Å². The molecule has 0 spiro atoms. The Kier molecular flexibility index (Phi) is 3.04. The molecule has 1 rings (SSSR count). The molecule has 1 aromatic carbocycles. The summed E-state index contributed by atoms with van der Waals surface area (Å²) in [4.78, 5) is 0. The molecule has 0 heterocycles. The maximum atomic E-state index is 12.9. The number of hydrogen-bond donors (Lipinski definition) is 1. The largest absolute Gasteiger partial charge is 0.324 e. The van der Waals surface area contributed by atoms with Gasteiger partial charge in [-0.1, -0.05) is 6.92 Å². The lowest BCUT2D eigenvalue weighted by Crippen LogP contribution is -2.12. The van der Waals surface area contributed by atoms with Crippen LogP contribution in [0.3, 0.4) is 0 Å². The molecular weight excluding hydrogens is 165 g/mol. The maximum absolute atomic E-state index is 12.9. The highest BCUT2D eigenvalue weighted by Crippen LogP contribution is 2.23. The van der Waals surface area contributed by atoms with Crippen LogP contribution in [0.15, 0.2) is 12.1 Å². The standard InChI is InChI=1S/C11H16FN/c1-4-10(13)11-7(2)5-9(12)6-8(11)3/h5-6,10H,4,13H2,1-3H3. The van der Waals surface area contributed by atoms with E-state index >= 15 is 0 Å². The van der Waals surface area contributed by atoms with Crippen molar-refractivity contribution in [2.24, 2.45) is 5.73 Å². The van der Waals surface area contributed by atoms with Crippen LogP contribution in [0.5, 0.6) is 0 Å². The minimum Gasteiger partial charge on any atom is -0.324 e. The van der Waals surface area contributed by atoms with Crippen molar-refractivity contribution in [2.75, 3.05) is 0 Å². The highest BCUT2D eigenvalue weighted by molar-refractivity contribution is 5.36. The van der Waals surface area contributed by atoms with Crippen LogP contribution in [0.2, 0.25) is 0 Å². The molecule has 0 saturated heterocycles. The minimum absolute atomic E-state index is 0.0283. The van der Waals surface area contributed by atoms with Gasteiger partial charge in [0.05, 0.1) is 0 Å². The second-order valence-electron chi connectivity index (χ2n) is 3.47. The Hall–Kier alpha value is -0.890. The quantitative estimate of drug-likeness (QED) is 0.746. The first-order chi connectivity index (χ1) is 6.06. The number of benzene rings is 1. The second-order valence-corrected chi connectivity index (χ2v) is 3.47. The summed E-state index contributed by atoms with van der Waals surface area (Å²) >= 11 is 0. The molecule has 0 aromatic heterocycles. The average Bonchev–Trinajstić information content (AvgIpc) is 2.02. The van der Waals surface area contributed by atoms with Gasteiger partial charge in [-0.05, 0) is 49.1 Å². The summed E-state index contributed by atoms with van der Waals surface area (Å²) in [5.41, 5.74) is 8.91. The lowest BCUT2D eigenvalue weighted by molar-refractivity contribution is 0.618. The molecular formula is C11H16FN. The van der Waals surface area contributed by atoms with E-state index in [1.807, 2.05) is 20.8 Å². The van der Waals surface area contributed by atoms with Gasteiger partial charge in [0.2, 0.25) is 0 Å². The van der Waals surface area contributed by atoms with Crippen LogP contribution in [-0.2, 0) is 0 Å². The van der Waals surface area contributed by atoms with Crippen molar-refractivity contribution in [3.63, 3.8) is 0 Å².